The molecule has 0 saturated heterocycles. The number of phenols is 1. The lowest BCUT2D eigenvalue weighted by atomic mass is 10.2. The second-order valence-electron chi connectivity index (χ2n) is 4.26. The minimum Gasteiger partial charge on any atom is -0.506 e. The highest BCUT2D eigenvalue weighted by Gasteiger charge is 2.15. The number of aryl methyl sites for hydroxylation is 2. The molecule has 0 unspecified atom stereocenters. The van der Waals surface area contributed by atoms with Crippen molar-refractivity contribution in [3.8, 4) is 5.75 Å². The number of amides is 1. The zero-order chi connectivity index (χ0) is 14.9. The molecule has 0 bridgehead atoms. The summed E-state index contributed by atoms with van der Waals surface area (Å²) in [7, 11) is 0. The van der Waals surface area contributed by atoms with Crippen LogP contribution in [0.1, 0.15) is 20.1 Å². The highest BCUT2D eigenvalue weighted by Crippen LogP contribution is 2.29. The van der Waals surface area contributed by atoms with E-state index in [0.717, 1.165) is 16.5 Å². The summed E-state index contributed by atoms with van der Waals surface area (Å²) in [6, 6.07) is 5.22. The number of carbonyl (C=O) groups is 1. The van der Waals surface area contributed by atoms with Gasteiger partial charge in [0.25, 0.3) is 11.6 Å². The van der Waals surface area contributed by atoms with E-state index in [1.54, 1.807) is 6.07 Å². The van der Waals surface area contributed by atoms with Crippen molar-refractivity contribution in [2.75, 3.05) is 5.32 Å². The summed E-state index contributed by atoms with van der Waals surface area (Å²) in [6.07, 6.45) is 0. The molecular formula is C13H12N2O4S. The van der Waals surface area contributed by atoms with E-state index in [4.69, 9.17) is 0 Å². The first kappa shape index (κ1) is 14.0. The lowest BCUT2D eigenvalue weighted by molar-refractivity contribution is -0.384. The minimum atomic E-state index is -0.589. The molecule has 0 atom stereocenters. The number of nitro groups is 1. The van der Waals surface area contributed by atoms with Crippen LogP contribution in [0.4, 0.5) is 11.4 Å². The first-order chi connectivity index (χ1) is 9.38. The summed E-state index contributed by atoms with van der Waals surface area (Å²) < 4.78 is 0. The number of rotatable bonds is 3. The van der Waals surface area contributed by atoms with E-state index in [9.17, 15) is 20.0 Å². The van der Waals surface area contributed by atoms with Gasteiger partial charge in [-0.2, -0.15) is 0 Å². The molecular weight excluding hydrogens is 280 g/mol. The molecule has 1 amide bonds. The molecule has 0 fully saturated rings. The molecule has 104 valence electrons. The number of carbonyl (C=O) groups excluding carboxylic acids is 1. The summed E-state index contributed by atoms with van der Waals surface area (Å²) in [4.78, 5) is 23.6. The molecule has 0 spiro atoms. The van der Waals surface area contributed by atoms with Crippen molar-refractivity contribution in [3.05, 3.63) is 49.7 Å². The van der Waals surface area contributed by atoms with Crippen LogP contribution in [0.5, 0.6) is 5.75 Å². The number of nitrogens with one attached hydrogen (secondary N) is 1. The maximum Gasteiger partial charge on any atom is 0.271 e. The molecule has 2 N–H and O–H groups in total. The number of nitrogens with zero attached hydrogens (tertiary/aromatic N) is 1. The number of thiophene rings is 1. The average Bonchev–Trinajstić information content (AvgIpc) is 2.72. The normalized spacial score (nSPS) is 10.3. The summed E-state index contributed by atoms with van der Waals surface area (Å²) in [5.74, 6) is -0.615. The van der Waals surface area contributed by atoms with E-state index in [2.05, 4.69) is 5.32 Å². The molecule has 0 radical (unpaired) electrons. The standard InChI is InChI=1S/C13H12N2O4S/c1-7-5-12(20-8(7)2)13(17)14-10-6-9(15(18)19)3-4-11(10)16/h3-6,16H,1-2H3,(H,14,17). The number of hydrogen-bond acceptors (Lipinski definition) is 5. The molecule has 0 aliphatic rings. The molecule has 0 aliphatic heterocycles. The Morgan fingerprint density at radius 3 is 2.60 bits per heavy atom. The smallest absolute Gasteiger partial charge is 0.271 e. The van der Waals surface area contributed by atoms with E-state index in [0.29, 0.717) is 4.88 Å². The molecule has 0 aliphatic carbocycles. The predicted molar refractivity (Wildman–Crippen MR) is 76.5 cm³/mol. The Bertz CT molecular complexity index is 674. The summed E-state index contributed by atoms with van der Waals surface area (Å²) in [5, 5.41) is 22.8. The van der Waals surface area contributed by atoms with Crippen LogP contribution in [-0.2, 0) is 0 Å². The van der Waals surface area contributed by atoms with Gasteiger partial charge in [-0.3, -0.25) is 14.9 Å². The molecule has 20 heavy (non-hydrogen) atoms. The zero-order valence-corrected chi connectivity index (χ0v) is 11.7. The fourth-order valence-corrected chi connectivity index (χ4v) is 2.54. The number of phenolic OH excluding ortho intramolecular Hbond substituents is 1. The topological polar surface area (TPSA) is 92.5 Å². The first-order valence-electron chi connectivity index (χ1n) is 5.74. The van der Waals surface area contributed by atoms with Gasteiger partial charge >= 0.3 is 0 Å². The van der Waals surface area contributed by atoms with Gasteiger partial charge < -0.3 is 10.4 Å². The van der Waals surface area contributed by atoms with Crippen molar-refractivity contribution in [3.63, 3.8) is 0 Å². The molecule has 6 nitrogen and oxygen atoms in total. The molecule has 1 heterocycles. The average molecular weight is 292 g/mol. The molecule has 7 heteroatoms. The predicted octanol–water partition coefficient (Wildman–Crippen LogP) is 3.23. The molecule has 1 aromatic carbocycles. The second kappa shape index (κ2) is 5.30. The third-order valence-corrected chi connectivity index (χ3v) is 3.98. The van der Waals surface area contributed by atoms with Gasteiger partial charge in [-0.15, -0.1) is 11.3 Å². The largest absolute Gasteiger partial charge is 0.506 e. The first-order valence-corrected chi connectivity index (χ1v) is 6.56. The third-order valence-electron chi connectivity index (χ3n) is 2.83. The SMILES string of the molecule is Cc1cc(C(=O)Nc2cc([N+](=O)[O-])ccc2O)sc1C. The van der Waals surface area contributed by atoms with E-state index in [-0.39, 0.29) is 17.1 Å². The zero-order valence-electron chi connectivity index (χ0n) is 10.8. The van der Waals surface area contributed by atoms with Crippen LogP contribution in [0.2, 0.25) is 0 Å². The third kappa shape index (κ3) is 2.77. The van der Waals surface area contributed by atoms with Crippen LogP contribution in [0, 0.1) is 24.0 Å². The Labute approximate surface area is 118 Å². The van der Waals surface area contributed by atoms with Gasteiger partial charge in [0, 0.05) is 17.0 Å². The monoisotopic (exact) mass is 292 g/mol. The van der Waals surface area contributed by atoms with Crippen LogP contribution < -0.4 is 5.32 Å². The Balaban J connectivity index is 2.27. The van der Waals surface area contributed by atoms with Gasteiger partial charge in [0.15, 0.2) is 0 Å². The van der Waals surface area contributed by atoms with Crippen LogP contribution in [0.25, 0.3) is 0 Å². The van der Waals surface area contributed by atoms with Crippen molar-refractivity contribution in [1.82, 2.24) is 0 Å². The van der Waals surface area contributed by atoms with Crippen LogP contribution >= 0.6 is 11.3 Å². The summed E-state index contributed by atoms with van der Waals surface area (Å²) >= 11 is 1.33. The van der Waals surface area contributed by atoms with Crippen molar-refractivity contribution < 1.29 is 14.8 Å². The summed E-state index contributed by atoms with van der Waals surface area (Å²) in [5.41, 5.74) is 0.827. The quantitative estimate of drug-likeness (QED) is 0.516. The van der Waals surface area contributed by atoms with E-state index < -0.39 is 10.8 Å². The Hall–Kier alpha value is -2.41. The van der Waals surface area contributed by atoms with Gasteiger partial charge in [0.2, 0.25) is 0 Å². The Kier molecular flexibility index (Phi) is 3.71. The van der Waals surface area contributed by atoms with E-state index in [1.165, 1.54) is 23.5 Å². The van der Waals surface area contributed by atoms with Crippen LogP contribution in [-0.4, -0.2) is 15.9 Å². The van der Waals surface area contributed by atoms with Crippen molar-refractivity contribution in [1.29, 1.82) is 0 Å². The van der Waals surface area contributed by atoms with Gasteiger partial charge in [-0.05, 0) is 31.5 Å². The number of anilines is 1. The second-order valence-corrected chi connectivity index (χ2v) is 5.52. The van der Waals surface area contributed by atoms with Gasteiger partial charge in [-0.1, -0.05) is 0 Å². The van der Waals surface area contributed by atoms with Gasteiger partial charge in [-0.25, -0.2) is 0 Å². The lowest BCUT2D eigenvalue weighted by Gasteiger charge is -2.05. The van der Waals surface area contributed by atoms with Crippen LogP contribution in [0.15, 0.2) is 24.3 Å². The Morgan fingerprint density at radius 1 is 1.35 bits per heavy atom. The van der Waals surface area contributed by atoms with Crippen LogP contribution in [0.3, 0.4) is 0 Å². The fraction of sp³-hybridized carbons (Fsp3) is 0.154. The van der Waals surface area contributed by atoms with Gasteiger partial charge in [0.05, 0.1) is 15.5 Å². The molecule has 2 rings (SSSR count). The van der Waals surface area contributed by atoms with Crippen molar-refractivity contribution >= 4 is 28.6 Å². The number of aromatic hydroxyl groups is 1. The maximum atomic E-state index is 12.0. The highest BCUT2D eigenvalue weighted by atomic mass is 32.1. The molecule has 2 aromatic rings. The minimum absolute atomic E-state index is 0.0212. The lowest BCUT2D eigenvalue weighted by Crippen LogP contribution is -2.10. The number of non-ortho nitro benzene ring substituents is 1. The molecule has 0 saturated carbocycles. The maximum absolute atomic E-state index is 12.0. The van der Waals surface area contributed by atoms with E-state index in [1.807, 2.05) is 13.8 Å². The van der Waals surface area contributed by atoms with Crippen molar-refractivity contribution in [2.45, 2.75) is 13.8 Å². The van der Waals surface area contributed by atoms with Crippen molar-refractivity contribution in [2.24, 2.45) is 0 Å². The molecule has 1 aromatic heterocycles. The number of hydrogen-bond donors (Lipinski definition) is 2. The Morgan fingerprint density at radius 2 is 2.05 bits per heavy atom. The highest BCUT2D eigenvalue weighted by molar-refractivity contribution is 7.14. The number of benzene rings is 1. The summed E-state index contributed by atoms with van der Waals surface area (Å²) in [6.45, 7) is 3.80. The number of nitro benzene ring substituents is 1. The van der Waals surface area contributed by atoms with E-state index >= 15 is 0 Å². The van der Waals surface area contributed by atoms with Gasteiger partial charge in [0.1, 0.15) is 5.75 Å². The fourth-order valence-electron chi connectivity index (χ4n) is 1.61.